The van der Waals surface area contributed by atoms with Gasteiger partial charge < -0.3 is 9.84 Å². The van der Waals surface area contributed by atoms with E-state index < -0.39 is 5.97 Å². The highest BCUT2D eigenvalue weighted by Gasteiger charge is 2.08. The van der Waals surface area contributed by atoms with Crippen LogP contribution in [0, 0.1) is 0 Å². The van der Waals surface area contributed by atoms with E-state index in [0.29, 0.717) is 23.1 Å². The Bertz CT molecular complexity index is 613. The fourth-order valence-corrected chi connectivity index (χ4v) is 1.89. The van der Waals surface area contributed by atoms with Crippen LogP contribution in [-0.2, 0) is 0 Å². The van der Waals surface area contributed by atoms with Crippen molar-refractivity contribution in [2.45, 2.75) is 6.92 Å². The molecule has 0 saturated heterocycles. The van der Waals surface area contributed by atoms with E-state index in [9.17, 15) is 4.79 Å². The smallest absolute Gasteiger partial charge is 0.335 e. The van der Waals surface area contributed by atoms with Crippen molar-refractivity contribution in [3.63, 3.8) is 0 Å². The summed E-state index contributed by atoms with van der Waals surface area (Å²) >= 11 is 6.09. The molecule has 0 spiro atoms. The van der Waals surface area contributed by atoms with Crippen molar-refractivity contribution in [3.8, 4) is 17.0 Å². The molecule has 4 nitrogen and oxygen atoms in total. The highest BCUT2D eigenvalue weighted by atomic mass is 35.5. The van der Waals surface area contributed by atoms with E-state index in [-0.39, 0.29) is 5.56 Å². The van der Waals surface area contributed by atoms with Gasteiger partial charge in [-0.1, -0.05) is 11.6 Å². The third-order valence-electron chi connectivity index (χ3n) is 2.53. The quantitative estimate of drug-likeness (QED) is 0.929. The first kappa shape index (κ1) is 13.4. The molecule has 98 valence electrons. The van der Waals surface area contributed by atoms with Crippen LogP contribution in [0.4, 0.5) is 0 Å². The molecule has 0 aliphatic carbocycles. The van der Waals surface area contributed by atoms with E-state index in [1.807, 2.05) is 6.92 Å². The summed E-state index contributed by atoms with van der Waals surface area (Å²) in [6.45, 7) is 2.41. The summed E-state index contributed by atoms with van der Waals surface area (Å²) in [7, 11) is 0. The average molecular weight is 278 g/mol. The molecule has 19 heavy (non-hydrogen) atoms. The average Bonchev–Trinajstić information content (AvgIpc) is 2.41. The van der Waals surface area contributed by atoms with E-state index in [2.05, 4.69) is 4.98 Å². The highest BCUT2D eigenvalue weighted by Crippen LogP contribution is 2.29. The van der Waals surface area contributed by atoms with Crippen LogP contribution in [0.15, 0.2) is 36.5 Å². The molecule has 0 amide bonds. The number of carbonyl (C=O) groups is 1. The third-order valence-corrected chi connectivity index (χ3v) is 2.83. The van der Waals surface area contributed by atoms with Crippen molar-refractivity contribution in [1.82, 2.24) is 4.98 Å². The Morgan fingerprint density at radius 1 is 1.37 bits per heavy atom. The van der Waals surface area contributed by atoms with Crippen molar-refractivity contribution in [2.75, 3.05) is 6.61 Å². The van der Waals surface area contributed by atoms with Crippen LogP contribution in [0.3, 0.4) is 0 Å². The second-order valence-corrected chi connectivity index (χ2v) is 4.22. The standard InChI is InChI=1S/C14H12ClNO3/c1-2-19-13-4-3-9(7-11(13)15)12-8-10(14(17)18)5-6-16-12/h3-8H,2H2,1H3,(H,17,18). The summed E-state index contributed by atoms with van der Waals surface area (Å²) in [6.07, 6.45) is 1.46. The second-order valence-electron chi connectivity index (χ2n) is 3.81. The molecule has 0 radical (unpaired) electrons. The molecule has 0 aliphatic heterocycles. The summed E-state index contributed by atoms with van der Waals surface area (Å²) in [5, 5.41) is 9.42. The largest absolute Gasteiger partial charge is 0.492 e. The van der Waals surface area contributed by atoms with Gasteiger partial charge in [-0.2, -0.15) is 0 Å². The van der Waals surface area contributed by atoms with Crippen LogP contribution in [0.2, 0.25) is 5.02 Å². The first-order chi connectivity index (χ1) is 9.11. The van der Waals surface area contributed by atoms with Gasteiger partial charge in [0.15, 0.2) is 0 Å². The fraction of sp³-hybridized carbons (Fsp3) is 0.143. The minimum atomic E-state index is -0.985. The van der Waals surface area contributed by atoms with E-state index >= 15 is 0 Å². The van der Waals surface area contributed by atoms with Gasteiger partial charge in [0.1, 0.15) is 5.75 Å². The number of benzene rings is 1. The van der Waals surface area contributed by atoms with Crippen molar-refractivity contribution in [3.05, 3.63) is 47.1 Å². The lowest BCUT2D eigenvalue weighted by Gasteiger charge is -2.07. The topological polar surface area (TPSA) is 59.4 Å². The lowest BCUT2D eigenvalue weighted by Crippen LogP contribution is -1.97. The lowest BCUT2D eigenvalue weighted by molar-refractivity contribution is 0.0697. The number of ether oxygens (including phenoxy) is 1. The Morgan fingerprint density at radius 2 is 2.16 bits per heavy atom. The van der Waals surface area contributed by atoms with Gasteiger partial charge in [-0.3, -0.25) is 4.98 Å². The van der Waals surface area contributed by atoms with Gasteiger partial charge in [-0.05, 0) is 37.3 Å². The molecule has 1 aromatic heterocycles. The predicted octanol–water partition coefficient (Wildman–Crippen LogP) is 3.50. The second kappa shape index (κ2) is 5.71. The number of aromatic nitrogens is 1. The Hall–Kier alpha value is -2.07. The molecular weight excluding hydrogens is 266 g/mol. The number of hydrogen-bond donors (Lipinski definition) is 1. The van der Waals surface area contributed by atoms with Gasteiger partial charge in [0, 0.05) is 11.8 Å². The Kier molecular flexibility index (Phi) is 4.02. The molecule has 1 aromatic carbocycles. The maximum Gasteiger partial charge on any atom is 0.335 e. The van der Waals surface area contributed by atoms with Crippen LogP contribution < -0.4 is 4.74 Å². The zero-order valence-corrected chi connectivity index (χ0v) is 11.0. The van der Waals surface area contributed by atoms with Crippen molar-refractivity contribution in [1.29, 1.82) is 0 Å². The van der Waals surface area contributed by atoms with E-state index in [0.717, 1.165) is 5.56 Å². The highest BCUT2D eigenvalue weighted by molar-refractivity contribution is 6.32. The molecule has 1 heterocycles. The summed E-state index contributed by atoms with van der Waals surface area (Å²) < 4.78 is 5.34. The minimum absolute atomic E-state index is 0.190. The maximum atomic E-state index is 10.9. The molecule has 0 bridgehead atoms. The first-order valence-electron chi connectivity index (χ1n) is 5.74. The Morgan fingerprint density at radius 3 is 2.79 bits per heavy atom. The number of halogens is 1. The molecule has 0 fully saturated rings. The number of nitrogens with zero attached hydrogens (tertiary/aromatic N) is 1. The normalized spacial score (nSPS) is 10.2. The minimum Gasteiger partial charge on any atom is -0.492 e. The van der Waals surface area contributed by atoms with E-state index in [1.165, 1.54) is 18.3 Å². The van der Waals surface area contributed by atoms with E-state index in [4.69, 9.17) is 21.4 Å². The molecular formula is C14H12ClNO3. The van der Waals surface area contributed by atoms with Gasteiger partial charge in [0.05, 0.1) is 22.9 Å². The SMILES string of the molecule is CCOc1ccc(-c2cc(C(=O)O)ccn2)cc1Cl. The maximum absolute atomic E-state index is 10.9. The molecule has 1 N–H and O–H groups in total. The number of carboxylic acid groups (broad SMARTS) is 1. The number of carboxylic acids is 1. The van der Waals surface area contributed by atoms with Crippen LogP contribution in [0.25, 0.3) is 11.3 Å². The molecule has 0 aliphatic rings. The molecule has 0 saturated carbocycles. The molecule has 0 unspecified atom stereocenters. The number of rotatable bonds is 4. The number of hydrogen-bond acceptors (Lipinski definition) is 3. The van der Waals surface area contributed by atoms with Crippen LogP contribution >= 0.6 is 11.6 Å². The zero-order chi connectivity index (χ0) is 13.8. The number of aromatic carboxylic acids is 1. The summed E-state index contributed by atoms with van der Waals surface area (Å²) in [5.41, 5.74) is 1.50. The van der Waals surface area contributed by atoms with Crippen LogP contribution in [0.5, 0.6) is 5.75 Å². The Labute approximate surface area is 115 Å². The summed E-state index contributed by atoms with van der Waals surface area (Å²) in [4.78, 5) is 15.1. The number of pyridine rings is 1. The zero-order valence-electron chi connectivity index (χ0n) is 10.3. The molecule has 0 atom stereocenters. The van der Waals surface area contributed by atoms with Gasteiger partial charge in [-0.15, -0.1) is 0 Å². The van der Waals surface area contributed by atoms with Crippen LogP contribution in [-0.4, -0.2) is 22.7 Å². The monoisotopic (exact) mass is 277 g/mol. The molecule has 2 rings (SSSR count). The van der Waals surface area contributed by atoms with Gasteiger partial charge >= 0.3 is 5.97 Å². The van der Waals surface area contributed by atoms with Gasteiger partial charge in [-0.25, -0.2) is 4.79 Å². The van der Waals surface area contributed by atoms with Crippen LogP contribution in [0.1, 0.15) is 17.3 Å². The Balaban J connectivity index is 2.39. The molecule has 2 aromatic rings. The predicted molar refractivity (Wildman–Crippen MR) is 72.8 cm³/mol. The van der Waals surface area contributed by atoms with Crippen molar-refractivity contribution < 1.29 is 14.6 Å². The van der Waals surface area contributed by atoms with Crippen molar-refractivity contribution in [2.24, 2.45) is 0 Å². The fourth-order valence-electron chi connectivity index (χ4n) is 1.65. The lowest BCUT2D eigenvalue weighted by atomic mass is 10.1. The summed E-state index contributed by atoms with van der Waals surface area (Å²) in [5.74, 6) is -0.386. The van der Waals surface area contributed by atoms with E-state index in [1.54, 1.807) is 18.2 Å². The third kappa shape index (κ3) is 3.03. The summed E-state index contributed by atoms with van der Waals surface area (Å²) in [6, 6.07) is 8.21. The molecule has 5 heteroatoms. The van der Waals surface area contributed by atoms with Crippen molar-refractivity contribution >= 4 is 17.6 Å². The van der Waals surface area contributed by atoms with Gasteiger partial charge in [0.2, 0.25) is 0 Å². The van der Waals surface area contributed by atoms with Gasteiger partial charge in [0.25, 0.3) is 0 Å². The first-order valence-corrected chi connectivity index (χ1v) is 6.11.